The average Bonchev–Trinajstić information content (AvgIpc) is 2.72. The maximum Gasteiger partial charge on any atom is 0.0947 e. The number of halogens is 1. The number of nitrogens with zero attached hydrogens (tertiary/aromatic N) is 1. The Bertz CT molecular complexity index is 496. The highest BCUT2D eigenvalue weighted by atomic mass is 79.9. The molecule has 4 heteroatoms. The molecule has 2 rings (SSSR count). The van der Waals surface area contributed by atoms with Gasteiger partial charge in [-0.05, 0) is 31.7 Å². The number of thiazole rings is 1. The van der Waals surface area contributed by atoms with Crippen molar-refractivity contribution in [2.24, 2.45) is 0 Å². The summed E-state index contributed by atoms with van der Waals surface area (Å²) in [6, 6.07) is 8.73. The molecule has 1 aromatic carbocycles. The number of aromatic nitrogens is 1. The number of hydrogen-bond acceptors (Lipinski definition) is 3. The predicted octanol–water partition coefficient (Wildman–Crippen LogP) is 3.72. The van der Waals surface area contributed by atoms with Gasteiger partial charge in [0, 0.05) is 28.0 Å². The third kappa shape index (κ3) is 3.37. The number of benzene rings is 1. The molecule has 1 heterocycles. The van der Waals surface area contributed by atoms with E-state index in [0.717, 1.165) is 16.6 Å². The lowest BCUT2D eigenvalue weighted by Crippen LogP contribution is -2.18. The molecule has 0 saturated carbocycles. The van der Waals surface area contributed by atoms with Gasteiger partial charge in [-0.2, -0.15) is 0 Å². The van der Waals surface area contributed by atoms with Crippen LogP contribution in [0.5, 0.6) is 0 Å². The summed E-state index contributed by atoms with van der Waals surface area (Å²) in [4.78, 5) is 4.51. The Balaban J connectivity index is 2.16. The summed E-state index contributed by atoms with van der Waals surface area (Å²) in [5, 5.41) is 6.63. The fourth-order valence-corrected chi connectivity index (χ4v) is 3.02. The molecule has 1 unspecified atom stereocenters. The molecule has 1 atom stereocenters. The second-order valence-electron chi connectivity index (χ2n) is 3.98. The highest BCUT2D eigenvalue weighted by Gasteiger charge is 2.12. The van der Waals surface area contributed by atoms with Crippen LogP contribution in [-0.2, 0) is 6.42 Å². The third-order valence-corrected chi connectivity index (χ3v) is 4.13. The monoisotopic (exact) mass is 310 g/mol. The highest BCUT2D eigenvalue weighted by Crippen LogP contribution is 2.22. The van der Waals surface area contributed by atoms with Crippen LogP contribution in [0.15, 0.2) is 34.1 Å². The van der Waals surface area contributed by atoms with Crippen molar-refractivity contribution < 1.29 is 0 Å². The highest BCUT2D eigenvalue weighted by molar-refractivity contribution is 9.10. The number of nitrogens with one attached hydrogen (secondary N) is 1. The van der Waals surface area contributed by atoms with E-state index in [9.17, 15) is 0 Å². The van der Waals surface area contributed by atoms with Gasteiger partial charge in [0.15, 0.2) is 0 Å². The van der Waals surface area contributed by atoms with Crippen molar-refractivity contribution in [3.63, 3.8) is 0 Å². The van der Waals surface area contributed by atoms with Gasteiger partial charge in [-0.15, -0.1) is 11.3 Å². The van der Waals surface area contributed by atoms with E-state index in [1.165, 1.54) is 10.6 Å². The van der Waals surface area contributed by atoms with Gasteiger partial charge in [-0.3, -0.25) is 0 Å². The predicted molar refractivity (Wildman–Crippen MR) is 76.5 cm³/mol. The second kappa shape index (κ2) is 5.76. The first-order valence-corrected chi connectivity index (χ1v) is 7.20. The maximum atomic E-state index is 4.51. The van der Waals surface area contributed by atoms with Crippen LogP contribution in [0.2, 0.25) is 0 Å². The summed E-state index contributed by atoms with van der Waals surface area (Å²) in [5.74, 6) is 0. The molecule has 0 spiro atoms. The SMILES string of the molecule is CNC(Cc1nc(C)cs1)c1cccc(Br)c1. The molecule has 0 aliphatic carbocycles. The summed E-state index contributed by atoms with van der Waals surface area (Å²) in [7, 11) is 1.99. The fourth-order valence-electron chi connectivity index (χ4n) is 1.78. The third-order valence-electron chi connectivity index (χ3n) is 2.64. The number of likely N-dealkylation sites (N-methyl/N-ethyl adjacent to an activating group) is 1. The molecule has 17 heavy (non-hydrogen) atoms. The molecule has 0 aliphatic heterocycles. The number of rotatable bonds is 4. The Morgan fingerprint density at radius 3 is 2.88 bits per heavy atom. The number of hydrogen-bond donors (Lipinski definition) is 1. The molecule has 1 aromatic heterocycles. The largest absolute Gasteiger partial charge is 0.313 e. The zero-order valence-corrected chi connectivity index (χ0v) is 12.3. The zero-order chi connectivity index (χ0) is 12.3. The van der Waals surface area contributed by atoms with Gasteiger partial charge in [-0.1, -0.05) is 28.1 Å². The summed E-state index contributed by atoms with van der Waals surface area (Å²) in [6.45, 7) is 2.04. The van der Waals surface area contributed by atoms with Gasteiger partial charge in [-0.25, -0.2) is 4.98 Å². The molecule has 0 saturated heterocycles. The molecule has 90 valence electrons. The molecule has 0 radical (unpaired) electrons. The van der Waals surface area contributed by atoms with E-state index in [0.29, 0.717) is 6.04 Å². The van der Waals surface area contributed by atoms with Gasteiger partial charge < -0.3 is 5.32 Å². The van der Waals surface area contributed by atoms with Crippen LogP contribution in [0.4, 0.5) is 0 Å². The smallest absolute Gasteiger partial charge is 0.0947 e. The van der Waals surface area contributed by atoms with Crippen LogP contribution in [-0.4, -0.2) is 12.0 Å². The van der Waals surface area contributed by atoms with E-state index in [1.54, 1.807) is 11.3 Å². The molecular formula is C13H15BrN2S. The van der Waals surface area contributed by atoms with Crippen LogP contribution in [0.25, 0.3) is 0 Å². The van der Waals surface area contributed by atoms with Gasteiger partial charge in [0.1, 0.15) is 0 Å². The maximum absolute atomic E-state index is 4.51. The first-order valence-electron chi connectivity index (χ1n) is 5.53. The lowest BCUT2D eigenvalue weighted by Gasteiger charge is -2.15. The minimum Gasteiger partial charge on any atom is -0.313 e. The van der Waals surface area contributed by atoms with E-state index >= 15 is 0 Å². The molecule has 1 N–H and O–H groups in total. The van der Waals surface area contributed by atoms with Crippen LogP contribution < -0.4 is 5.32 Å². The van der Waals surface area contributed by atoms with Gasteiger partial charge in [0.05, 0.1) is 5.01 Å². The van der Waals surface area contributed by atoms with Crippen molar-refractivity contribution in [1.82, 2.24) is 10.3 Å². The fraction of sp³-hybridized carbons (Fsp3) is 0.308. The normalized spacial score (nSPS) is 12.6. The van der Waals surface area contributed by atoms with Gasteiger partial charge in [0.2, 0.25) is 0 Å². The van der Waals surface area contributed by atoms with Crippen molar-refractivity contribution in [2.45, 2.75) is 19.4 Å². The van der Waals surface area contributed by atoms with E-state index in [4.69, 9.17) is 0 Å². The Hall–Kier alpha value is -0.710. The van der Waals surface area contributed by atoms with E-state index in [2.05, 4.69) is 49.8 Å². The van der Waals surface area contributed by atoms with Crippen molar-refractivity contribution in [3.05, 3.63) is 50.4 Å². The van der Waals surface area contributed by atoms with Gasteiger partial charge in [0.25, 0.3) is 0 Å². The Labute approximate surface area is 114 Å². The van der Waals surface area contributed by atoms with Crippen molar-refractivity contribution >= 4 is 27.3 Å². The average molecular weight is 311 g/mol. The minimum atomic E-state index is 0.318. The molecular weight excluding hydrogens is 296 g/mol. The van der Waals surface area contributed by atoms with E-state index in [-0.39, 0.29) is 0 Å². The van der Waals surface area contributed by atoms with E-state index < -0.39 is 0 Å². The zero-order valence-electron chi connectivity index (χ0n) is 9.90. The second-order valence-corrected chi connectivity index (χ2v) is 5.84. The summed E-state index contributed by atoms with van der Waals surface area (Å²) >= 11 is 5.24. The van der Waals surface area contributed by atoms with Crippen LogP contribution in [0, 0.1) is 6.92 Å². The molecule has 0 aliphatic rings. The Kier molecular flexibility index (Phi) is 4.31. The molecule has 0 bridgehead atoms. The van der Waals surface area contributed by atoms with Crippen LogP contribution in [0.3, 0.4) is 0 Å². The van der Waals surface area contributed by atoms with Crippen molar-refractivity contribution in [3.8, 4) is 0 Å². The standard InChI is InChI=1S/C13H15BrN2S/c1-9-8-17-13(16-9)7-12(15-2)10-4-3-5-11(14)6-10/h3-6,8,12,15H,7H2,1-2H3. The Morgan fingerprint density at radius 2 is 2.29 bits per heavy atom. The van der Waals surface area contributed by atoms with Crippen LogP contribution >= 0.6 is 27.3 Å². The topological polar surface area (TPSA) is 24.9 Å². The van der Waals surface area contributed by atoms with Crippen molar-refractivity contribution in [1.29, 1.82) is 0 Å². The summed E-state index contributed by atoms with van der Waals surface area (Å²) < 4.78 is 1.12. The van der Waals surface area contributed by atoms with Crippen molar-refractivity contribution in [2.75, 3.05) is 7.05 Å². The lowest BCUT2D eigenvalue weighted by atomic mass is 10.0. The number of aryl methyl sites for hydroxylation is 1. The first kappa shape index (κ1) is 12.7. The first-order chi connectivity index (χ1) is 8.19. The summed E-state index contributed by atoms with van der Waals surface area (Å²) in [6.07, 6.45) is 0.936. The lowest BCUT2D eigenvalue weighted by molar-refractivity contribution is 0.589. The summed E-state index contributed by atoms with van der Waals surface area (Å²) in [5.41, 5.74) is 2.39. The minimum absolute atomic E-state index is 0.318. The molecule has 2 nitrogen and oxygen atoms in total. The van der Waals surface area contributed by atoms with E-state index in [1.807, 2.05) is 20.0 Å². The van der Waals surface area contributed by atoms with Gasteiger partial charge >= 0.3 is 0 Å². The quantitative estimate of drug-likeness (QED) is 0.931. The molecule has 0 fully saturated rings. The Morgan fingerprint density at radius 1 is 1.47 bits per heavy atom. The molecule has 2 aromatic rings. The molecule has 0 amide bonds. The van der Waals surface area contributed by atoms with Crippen LogP contribution in [0.1, 0.15) is 22.3 Å².